The molecule has 122 valence electrons. The van der Waals surface area contributed by atoms with E-state index in [-0.39, 0.29) is 5.91 Å². The maximum absolute atomic E-state index is 13.3. The number of rotatable bonds is 1. The van der Waals surface area contributed by atoms with Crippen molar-refractivity contribution in [3.05, 3.63) is 58.0 Å². The lowest BCUT2D eigenvalue weighted by atomic mass is 10.2. The molecule has 5 nitrogen and oxygen atoms in total. The van der Waals surface area contributed by atoms with Crippen LogP contribution in [0.25, 0.3) is 5.65 Å². The number of aryl methyl sites for hydroxylation is 2. The molecular weight excluding hydrogens is 370 g/mol. The number of fused-ring (bicyclic) bond motifs is 2. The first-order valence-corrected chi connectivity index (χ1v) is 8.54. The van der Waals surface area contributed by atoms with Crippen LogP contribution in [0, 0.1) is 13.8 Å². The van der Waals surface area contributed by atoms with Gasteiger partial charge in [0, 0.05) is 10.7 Å². The van der Waals surface area contributed by atoms with Crippen molar-refractivity contribution in [3.8, 4) is 5.75 Å². The second-order valence-corrected chi connectivity index (χ2v) is 6.77. The third kappa shape index (κ3) is 2.29. The van der Waals surface area contributed by atoms with E-state index in [2.05, 4.69) is 20.9 Å². The first-order chi connectivity index (χ1) is 11.6. The molecular formula is C18H16BrN3O2. The van der Waals surface area contributed by atoms with Crippen LogP contribution in [0.1, 0.15) is 21.7 Å². The molecule has 0 saturated carbocycles. The van der Waals surface area contributed by atoms with Crippen LogP contribution in [0.4, 0.5) is 5.69 Å². The number of amides is 1. The molecule has 1 aliphatic rings. The van der Waals surface area contributed by atoms with E-state index in [9.17, 15) is 4.79 Å². The fourth-order valence-corrected chi connectivity index (χ4v) is 3.70. The van der Waals surface area contributed by atoms with Crippen molar-refractivity contribution in [1.82, 2.24) is 9.38 Å². The first kappa shape index (κ1) is 15.2. The van der Waals surface area contributed by atoms with E-state index < -0.39 is 0 Å². The number of carbonyl (C=O) groups is 1. The van der Waals surface area contributed by atoms with Gasteiger partial charge in [-0.2, -0.15) is 0 Å². The standard InChI is InChI=1S/C18H16BrN3O2/c1-11-9-13(19)10-22-16(12(2)20-17(11)22)18(23)21-7-8-24-15-6-4-3-5-14(15)21/h3-6,9-10H,7-8H2,1-2H3. The molecule has 0 atom stereocenters. The van der Waals surface area contributed by atoms with E-state index in [4.69, 9.17) is 4.74 Å². The lowest BCUT2D eigenvalue weighted by Gasteiger charge is -2.29. The van der Waals surface area contributed by atoms with Crippen LogP contribution in [0.3, 0.4) is 0 Å². The number of hydrogen-bond donors (Lipinski definition) is 0. The van der Waals surface area contributed by atoms with Crippen molar-refractivity contribution < 1.29 is 9.53 Å². The van der Waals surface area contributed by atoms with Gasteiger partial charge in [0.15, 0.2) is 0 Å². The smallest absolute Gasteiger partial charge is 0.277 e. The summed E-state index contributed by atoms with van der Waals surface area (Å²) < 4.78 is 8.44. The van der Waals surface area contributed by atoms with E-state index in [0.717, 1.165) is 32.8 Å². The molecule has 0 aliphatic carbocycles. The van der Waals surface area contributed by atoms with Crippen molar-refractivity contribution in [2.24, 2.45) is 0 Å². The molecule has 0 N–H and O–H groups in total. The summed E-state index contributed by atoms with van der Waals surface area (Å²) in [6, 6.07) is 9.62. The molecule has 2 aromatic heterocycles. The summed E-state index contributed by atoms with van der Waals surface area (Å²) in [6.45, 7) is 4.88. The normalized spacial score (nSPS) is 13.7. The van der Waals surface area contributed by atoms with Crippen molar-refractivity contribution in [3.63, 3.8) is 0 Å². The van der Waals surface area contributed by atoms with Crippen LogP contribution in [-0.2, 0) is 0 Å². The molecule has 0 fully saturated rings. The fourth-order valence-electron chi connectivity index (χ4n) is 3.15. The minimum absolute atomic E-state index is 0.0618. The van der Waals surface area contributed by atoms with Gasteiger partial charge in [-0.1, -0.05) is 12.1 Å². The third-order valence-corrected chi connectivity index (χ3v) is 4.65. The molecule has 6 heteroatoms. The first-order valence-electron chi connectivity index (χ1n) is 7.75. The summed E-state index contributed by atoms with van der Waals surface area (Å²) in [5.41, 5.74) is 3.94. The number of carbonyl (C=O) groups excluding carboxylic acids is 1. The lowest BCUT2D eigenvalue weighted by molar-refractivity contribution is 0.0970. The van der Waals surface area contributed by atoms with Gasteiger partial charge in [0.2, 0.25) is 0 Å². The number of ether oxygens (including phenoxy) is 1. The van der Waals surface area contributed by atoms with E-state index in [1.165, 1.54) is 0 Å². The fraction of sp³-hybridized carbons (Fsp3) is 0.222. The highest BCUT2D eigenvalue weighted by molar-refractivity contribution is 9.10. The molecule has 4 rings (SSSR count). The van der Waals surface area contributed by atoms with Crippen molar-refractivity contribution >= 4 is 33.2 Å². The molecule has 1 aliphatic heterocycles. The van der Waals surface area contributed by atoms with E-state index in [1.807, 2.05) is 54.8 Å². The van der Waals surface area contributed by atoms with Crippen molar-refractivity contribution in [2.45, 2.75) is 13.8 Å². The Morgan fingerprint density at radius 1 is 1.29 bits per heavy atom. The Hall–Kier alpha value is -2.34. The van der Waals surface area contributed by atoms with Gasteiger partial charge in [0.05, 0.1) is 17.9 Å². The number of hydrogen-bond acceptors (Lipinski definition) is 3. The summed E-state index contributed by atoms with van der Waals surface area (Å²) in [6.07, 6.45) is 1.89. The highest BCUT2D eigenvalue weighted by Crippen LogP contribution is 2.32. The predicted octanol–water partition coefficient (Wildman–Crippen LogP) is 3.75. The topological polar surface area (TPSA) is 46.8 Å². The predicted molar refractivity (Wildman–Crippen MR) is 96.0 cm³/mol. The van der Waals surface area contributed by atoms with Gasteiger partial charge in [-0.3, -0.25) is 9.20 Å². The molecule has 3 heterocycles. The maximum atomic E-state index is 13.3. The van der Waals surface area contributed by atoms with Gasteiger partial charge in [0.1, 0.15) is 23.7 Å². The number of pyridine rings is 1. The highest BCUT2D eigenvalue weighted by atomic mass is 79.9. The Morgan fingerprint density at radius 2 is 2.08 bits per heavy atom. The largest absolute Gasteiger partial charge is 0.490 e. The molecule has 0 bridgehead atoms. The van der Waals surface area contributed by atoms with Crippen molar-refractivity contribution in [2.75, 3.05) is 18.1 Å². The zero-order valence-electron chi connectivity index (χ0n) is 13.4. The zero-order chi connectivity index (χ0) is 16.8. The summed E-state index contributed by atoms with van der Waals surface area (Å²) in [4.78, 5) is 19.6. The summed E-state index contributed by atoms with van der Waals surface area (Å²) in [5.74, 6) is 0.675. The van der Waals surface area contributed by atoms with E-state index in [1.54, 1.807) is 4.90 Å². The Kier molecular flexibility index (Phi) is 3.57. The summed E-state index contributed by atoms with van der Waals surface area (Å²) >= 11 is 3.50. The molecule has 0 unspecified atom stereocenters. The van der Waals surface area contributed by atoms with Gasteiger partial charge < -0.3 is 9.64 Å². The van der Waals surface area contributed by atoms with Crippen LogP contribution in [-0.4, -0.2) is 28.4 Å². The van der Waals surface area contributed by atoms with Crippen LogP contribution in [0.5, 0.6) is 5.75 Å². The summed E-state index contributed by atoms with van der Waals surface area (Å²) in [5, 5.41) is 0. The SMILES string of the molecule is Cc1nc2c(C)cc(Br)cn2c1C(=O)N1CCOc2ccccc21. The Balaban J connectivity index is 1.87. The minimum Gasteiger partial charge on any atom is -0.490 e. The number of benzene rings is 1. The average molecular weight is 386 g/mol. The van der Waals surface area contributed by atoms with Gasteiger partial charge in [0.25, 0.3) is 5.91 Å². The third-order valence-electron chi connectivity index (χ3n) is 4.22. The Labute approximate surface area is 148 Å². The van der Waals surface area contributed by atoms with Gasteiger partial charge in [-0.25, -0.2) is 4.98 Å². The Bertz CT molecular complexity index is 964. The molecule has 1 amide bonds. The molecule has 1 aromatic carbocycles. The molecule has 0 spiro atoms. The number of nitrogens with zero attached hydrogens (tertiary/aromatic N) is 3. The number of anilines is 1. The van der Waals surface area contributed by atoms with Gasteiger partial charge in [-0.15, -0.1) is 0 Å². The Morgan fingerprint density at radius 3 is 2.92 bits per heavy atom. The number of para-hydroxylation sites is 2. The number of imidazole rings is 1. The zero-order valence-corrected chi connectivity index (χ0v) is 15.0. The second-order valence-electron chi connectivity index (χ2n) is 5.85. The van der Waals surface area contributed by atoms with Crippen LogP contribution < -0.4 is 9.64 Å². The maximum Gasteiger partial charge on any atom is 0.277 e. The second kappa shape index (κ2) is 5.63. The van der Waals surface area contributed by atoms with Gasteiger partial charge in [-0.05, 0) is 53.5 Å². The molecule has 24 heavy (non-hydrogen) atoms. The number of halogens is 1. The van der Waals surface area contributed by atoms with Crippen LogP contribution >= 0.6 is 15.9 Å². The van der Waals surface area contributed by atoms with Crippen molar-refractivity contribution in [1.29, 1.82) is 0 Å². The molecule has 3 aromatic rings. The van der Waals surface area contributed by atoms with Gasteiger partial charge >= 0.3 is 0 Å². The lowest BCUT2D eigenvalue weighted by Crippen LogP contribution is -2.38. The molecule has 0 saturated heterocycles. The van der Waals surface area contributed by atoms with Crippen LogP contribution in [0.15, 0.2) is 41.0 Å². The average Bonchev–Trinajstić information content (AvgIpc) is 2.90. The quantitative estimate of drug-likeness (QED) is 0.640. The minimum atomic E-state index is -0.0618. The molecule has 0 radical (unpaired) electrons. The van der Waals surface area contributed by atoms with E-state index >= 15 is 0 Å². The highest BCUT2D eigenvalue weighted by Gasteiger charge is 2.28. The number of aromatic nitrogens is 2. The van der Waals surface area contributed by atoms with E-state index in [0.29, 0.717) is 18.8 Å². The monoisotopic (exact) mass is 385 g/mol. The van der Waals surface area contributed by atoms with Crippen LogP contribution in [0.2, 0.25) is 0 Å². The summed E-state index contributed by atoms with van der Waals surface area (Å²) in [7, 11) is 0.